The first-order valence-electron chi connectivity index (χ1n) is 8.23. The Labute approximate surface area is 145 Å². The van der Waals surface area contributed by atoms with Crippen LogP contribution in [0.3, 0.4) is 0 Å². The molecule has 132 valence electrons. The van der Waals surface area contributed by atoms with Gasteiger partial charge in [0.25, 0.3) is 0 Å². The molecule has 1 aliphatic carbocycles. The highest BCUT2D eigenvalue weighted by Gasteiger charge is 2.28. The third-order valence-electron chi connectivity index (χ3n) is 3.93. The second-order valence-electron chi connectivity index (χ2n) is 5.83. The summed E-state index contributed by atoms with van der Waals surface area (Å²) in [5.41, 5.74) is 0.718. The molecule has 1 amide bonds. The van der Waals surface area contributed by atoms with E-state index in [4.69, 9.17) is 9.47 Å². The van der Waals surface area contributed by atoms with E-state index in [0.29, 0.717) is 15.4 Å². The zero-order valence-electron chi connectivity index (χ0n) is 14.3. The Morgan fingerprint density at radius 1 is 1.17 bits per heavy atom. The fourth-order valence-electron chi connectivity index (χ4n) is 2.79. The normalized spacial score (nSPS) is 15.0. The molecule has 1 N–H and O–H groups in total. The first-order valence-corrected chi connectivity index (χ1v) is 9.04. The van der Waals surface area contributed by atoms with Crippen LogP contribution in [0.25, 0.3) is 0 Å². The number of anilines is 1. The number of esters is 2. The number of amides is 1. The van der Waals surface area contributed by atoms with Gasteiger partial charge in [-0.2, -0.15) is 0 Å². The monoisotopic (exact) mass is 353 g/mol. The van der Waals surface area contributed by atoms with E-state index in [1.807, 2.05) is 0 Å². The Morgan fingerprint density at radius 3 is 2.42 bits per heavy atom. The zero-order chi connectivity index (χ0) is 17.7. The number of hydrogen-bond acceptors (Lipinski definition) is 6. The van der Waals surface area contributed by atoms with Crippen LogP contribution in [-0.2, 0) is 14.3 Å². The largest absolute Gasteiger partial charge is 0.462 e. The number of hydrogen-bond donors (Lipinski definition) is 1. The lowest BCUT2D eigenvalue weighted by Crippen LogP contribution is -2.21. The molecule has 0 atom stereocenters. The van der Waals surface area contributed by atoms with Crippen LogP contribution in [-0.4, -0.2) is 30.6 Å². The standard InChI is InChI=1S/C17H23NO5S/c1-4-22-16(20)13-10(2)14(24-15(13)18-11(3)19)17(21)23-12-8-6-5-7-9-12/h12H,4-9H2,1-3H3,(H,18,19). The quantitative estimate of drug-likeness (QED) is 0.817. The molecule has 1 saturated carbocycles. The summed E-state index contributed by atoms with van der Waals surface area (Å²) in [6, 6.07) is 0. The molecule has 1 heterocycles. The molecular weight excluding hydrogens is 330 g/mol. The number of thiophene rings is 1. The van der Waals surface area contributed by atoms with Crippen LogP contribution < -0.4 is 5.32 Å². The van der Waals surface area contributed by atoms with Gasteiger partial charge in [0.1, 0.15) is 16.0 Å². The van der Waals surface area contributed by atoms with E-state index in [1.54, 1.807) is 13.8 Å². The van der Waals surface area contributed by atoms with Crippen LogP contribution in [0.2, 0.25) is 0 Å². The Hall–Kier alpha value is -1.89. The maximum absolute atomic E-state index is 12.5. The molecule has 1 fully saturated rings. The van der Waals surface area contributed by atoms with Gasteiger partial charge in [-0.15, -0.1) is 11.3 Å². The third kappa shape index (κ3) is 4.35. The minimum Gasteiger partial charge on any atom is -0.462 e. The van der Waals surface area contributed by atoms with Crippen molar-refractivity contribution in [3.8, 4) is 0 Å². The number of ether oxygens (including phenoxy) is 2. The van der Waals surface area contributed by atoms with Gasteiger partial charge in [0, 0.05) is 6.92 Å². The number of rotatable bonds is 5. The molecule has 24 heavy (non-hydrogen) atoms. The summed E-state index contributed by atoms with van der Waals surface area (Å²) >= 11 is 1.06. The SMILES string of the molecule is CCOC(=O)c1c(NC(C)=O)sc(C(=O)OC2CCCCC2)c1C. The molecule has 0 spiro atoms. The van der Waals surface area contributed by atoms with Gasteiger partial charge in [-0.25, -0.2) is 9.59 Å². The second kappa shape index (κ2) is 8.28. The molecule has 2 rings (SSSR count). The summed E-state index contributed by atoms with van der Waals surface area (Å²) in [5.74, 6) is -1.30. The highest BCUT2D eigenvalue weighted by Crippen LogP contribution is 2.35. The topological polar surface area (TPSA) is 81.7 Å². The molecule has 1 aliphatic rings. The molecule has 0 aliphatic heterocycles. The Balaban J connectivity index is 2.26. The van der Waals surface area contributed by atoms with Crippen LogP contribution in [0, 0.1) is 6.92 Å². The van der Waals surface area contributed by atoms with E-state index in [1.165, 1.54) is 13.3 Å². The number of carbonyl (C=O) groups is 3. The van der Waals surface area contributed by atoms with Gasteiger partial charge in [-0.05, 0) is 45.1 Å². The minimum absolute atomic E-state index is 0.0667. The molecule has 0 saturated heterocycles. The number of nitrogens with one attached hydrogen (secondary N) is 1. The smallest absolute Gasteiger partial charge is 0.348 e. The van der Waals surface area contributed by atoms with Gasteiger partial charge >= 0.3 is 11.9 Å². The summed E-state index contributed by atoms with van der Waals surface area (Å²) < 4.78 is 10.6. The Kier molecular flexibility index (Phi) is 6.36. The highest BCUT2D eigenvalue weighted by atomic mass is 32.1. The molecule has 1 aromatic rings. The van der Waals surface area contributed by atoms with Gasteiger partial charge in [0.2, 0.25) is 5.91 Å². The maximum atomic E-state index is 12.5. The van der Waals surface area contributed by atoms with Crippen LogP contribution in [0.4, 0.5) is 5.00 Å². The van der Waals surface area contributed by atoms with Crippen molar-refractivity contribution in [2.75, 3.05) is 11.9 Å². The molecule has 1 aromatic heterocycles. The third-order valence-corrected chi connectivity index (χ3v) is 5.11. The van der Waals surface area contributed by atoms with E-state index in [9.17, 15) is 14.4 Å². The summed E-state index contributed by atoms with van der Waals surface area (Å²) in [6.07, 6.45) is 4.98. The summed E-state index contributed by atoms with van der Waals surface area (Å²) in [5, 5.41) is 2.93. The minimum atomic E-state index is -0.549. The van der Waals surface area contributed by atoms with Crippen molar-refractivity contribution >= 4 is 34.2 Å². The van der Waals surface area contributed by atoms with E-state index in [-0.39, 0.29) is 24.2 Å². The maximum Gasteiger partial charge on any atom is 0.348 e. The van der Waals surface area contributed by atoms with E-state index < -0.39 is 11.9 Å². The van der Waals surface area contributed by atoms with Crippen molar-refractivity contribution in [1.82, 2.24) is 0 Å². The van der Waals surface area contributed by atoms with Crippen LogP contribution in [0.5, 0.6) is 0 Å². The second-order valence-corrected chi connectivity index (χ2v) is 6.85. The van der Waals surface area contributed by atoms with Gasteiger partial charge in [-0.1, -0.05) is 6.42 Å². The van der Waals surface area contributed by atoms with Crippen molar-refractivity contribution in [3.05, 3.63) is 16.0 Å². The van der Waals surface area contributed by atoms with E-state index >= 15 is 0 Å². The molecule has 6 nitrogen and oxygen atoms in total. The van der Waals surface area contributed by atoms with Gasteiger partial charge in [0.05, 0.1) is 12.2 Å². The lowest BCUT2D eigenvalue weighted by atomic mass is 9.98. The van der Waals surface area contributed by atoms with Crippen LogP contribution >= 0.6 is 11.3 Å². The van der Waals surface area contributed by atoms with Gasteiger partial charge in [0.15, 0.2) is 0 Å². The molecule has 0 aromatic carbocycles. The van der Waals surface area contributed by atoms with Crippen LogP contribution in [0.15, 0.2) is 0 Å². The predicted octanol–water partition coefficient (Wildman–Crippen LogP) is 3.68. The first-order chi connectivity index (χ1) is 11.4. The summed E-state index contributed by atoms with van der Waals surface area (Å²) in [6.45, 7) is 4.95. The molecular formula is C17H23NO5S. The van der Waals surface area contributed by atoms with Crippen molar-refractivity contribution in [1.29, 1.82) is 0 Å². The molecule has 0 radical (unpaired) electrons. The molecule has 7 heteroatoms. The van der Waals surface area contributed by atoms with Crippen LogP contribution in [0.1, 0.15) is 71.5 Å². The van der Waals surface area contributed by atoms with Crippen molar-refractivity contribution in [2.45, 2.75) is 59.0 Å². The Bertz CT molecular complexity index is 631. The van der Waals surface area contributed by atoms with Crippen molar-refractivity contribution in [2.24, 2.45) is 0 Å². The Morgan fingerprint density at radius 2 is 1.83 bits per heavy atom. The molecule has 0 unspecified atom stereocenters. The van der Waals surface area contributed by atoms with E-state index in [0.717, 1.165) is 37.0 Å². The zero-order valence-corrected chi connectivity index (χ0v) is 15.1. The molecule has 0 bridgehead atoms. The summed E-state index contributed by atoms with van der Waals surface area (Å²) in [7, 11) is 0. The predicted molar refractivity (Wildman–Crippen MR) is 91.6 cm³/mol. The van der Waals surface area contributed by atoms with Crippen molar-refractivity contribution < 1.29 is 23.9 Å². The van der Waals surface area contributed by atoms with Gasteiger partial charge in [-0.3, -0.25) is 4.79 Å². The fraction of sp³-hybridized carbons (Fsp3) is 0.588. The van der Waals surface area contributed by atoms with E-state index in [2.05, 4.69) is 5.32 Å². The average molecular weight is 353 g/mol. The summed E-state index contributed by atoms with van der Waals surface area (Å²) in [4.78, 5) is 36.4. The number of carbonyl (C=O) groups excluding carboxylic acids is 3. The van der Waals surface area contributed by atoms with Crippen molar-refractivity contribution in [3.63, 3.8) is 0 Å². The highest BCUT2D eigenvalue weighted by molar-refractivity contribution is 7.18. The first kappa shape index (κ1) is 18.4. The fourth-order valence-corrected chi connectivity index (χ4v) is 3.92. The lowest BCUT2D eigenvalue weighted by Gasteiger charge is -2.21. The average Bonchev–Trinajstić information content (AvgIpc) is 2.84. The van der Waals surface area contributed by atoms with Gasteiger partial charge < -0.3 is 14.8 Å². The lowest BCUT2D eigenvalue weighted by molar-refractivity contribution is -0.114.